The van der Waals surface area contributed by atoms with Crippen LogP contribution in [0.3, 0.4) is 0 Å². The number of primary amides is 1. The molecule has 10 heteroatoms. The molecule has 0 spiro atoms. The van der Waals surface area contributed by atoms with Crippen LogP contribution in [0.5, 0.6) is 0 Å². The number of thioether (sulfide) groups is 1. The lowest BCUT2D eigenvalue weighted by atomic mass is 10.0. The van der Waals surface area contributed by atoms with E-state index in [0.29, 0.717) is 12.2 Å². The predicted molar refractivity (Wildman–Crippen MR) is 95.7 cm³/mol. The molecule has 0 unspecified atom stereocenters. The molecule has 25 heavy (non-hydrogen) atoms. The number of carboxylic acid groups (broad SMARTS) is 1. The zero-order valence-corrected chi connectivity index (χ0v) is 15.6. The highest BCUT2D eigenvalue weighted by Gasteiger charge is 2.28. The van der Waals surface area contributed by atoms with Gasteiger partial charge in [0.05, 0.1) is 12.5 Å². The fraction of sp³-hybridized carbons (Fsp3) is 0.733. The third kappa shape index (κ3) is 9.92. The Labute approximate surface area is 151 Å². The van der Waals surface area contributed by atoms with Crippen molar-refractivity contribution >= 4 is 35.5 Å². The summed E-state index contributed by atoms with van der Waals surface area (Å²) in [6.45, 7) is 3.69. The molecule has 3 atom stereocenters. The van der Waals surface area contributed by atoms with Crippen LogP contribution in [0.4, 0.5) is 0 Å². The topological polar surface area (TPSA) is 165 Å². The Morgan fingerprint density at radius 1 is 1.08 bits per heavy atom. The summed E-state index contributed by atoms with van der Waals surface area (Å²) >= 11 is 1.48. The van der Waals surface area contributed by atoms with Crippen LogP contribution < -0.4 is 22.1 Å². The normalized spacial score (nSPS) is 14.4. The number of carboxylic acids is 1. The maximum absolute atomic E-state index is 12.4. The lowest BCUT2D eigenvalue weighted by Gasteiger charge is -2.23. The molecule has 0 aromatic heterocycles. The van der Waals surface area contributed by atoms with E-state index in [9.17, 15) is 24.3 Å². The first kappa shape index (κ1) is 23.2. The Balaban J connectivity index is 4.98. The number of nitrogens with one attached hydrogen (secondary N) is 2. The van der Waals surface area contributed by atoms with E-state index in [1.807, 2.05) is 20.1 Å². The summed E-state index contributed by atoms with van der Waals surface area (Å²) in [5, 5.41) is 14.1. The second-order valence-corrected chi connectivity index (χ2v) is 7.13. The van der Waals surface area contributed by atoms with Gasteiger partial charge in [0.15, 0.2) is 0 Å². The van der Waals surface area contributed by atoms with E-state index in [1.54, 1.807) is 0 Å². The first-order chi connectivity index (χ1) is 11.6. The van der Waals surface area contributed by atoms with Crippen molar-refractivity contribution in [3.63, 3.8) is 0 Å². The molecular formula is C15H28N4O5S. The zero-order valence-electron chi connectivity index (χ0n) is 14.8. The molecule has 0 fully saturated rings. The summed E-state index contributed by atoms with van der Waals surface area (Å²) in [4.78, 5) is 46.5. The van der Waals surface area contributed by atoms with Gasteiger partial charge in [0.1, 0.15) is 12.1 Å². The third-order valence-electron chi connectivity index (χ3n) is 3.32. The second kappa shape index (κ2) is 11.7. The number of hydrogen-bond acceptors (Lipinski definition) is 6. The Hall–Kier alpha value is -1.81. The lowest BCUT2D eigenvalue weighted by Crippen LogP contribution is -2.55. The van der Waals surface area contributed by atoms with E-state index in [1.165, 1.54) is 11.8 Å². The average Bonchev–Trinajstić information content (AvgIpc) is 2.48. The smallest absolute Gasteiger partial charge is 0.326 e. The number of nitrogens with two attached hydrogens (primary N) is 2. The van der Waals surface area contributed by atoms with E-state index in [0.717, 1.165) is 0 Å². The molecule has 0 aromatic rings. The summed E-state index contributed by atoms with van der Waals surface area (Å²) in [5.74, 6) is -2.49. The van der Waals surface area contributed by atoms with Crippen molar-refractivity contribution in [1.29, 1.82) is 0 Å². The summed E-state index contributed by atoms with van der Waals surface area (Å²) in [7, 11) is 0. The molecule has 0 aliphatic carbocycles. The number of hydrogen-bond donors (Lipinski definition) is 5. The van der Waals surface area contributed by atoms with E-state index in [-0.39, 0.29) is 18.8 Å². The van der Waals surface area contributed by atoms with Crippen LogP contribution in [0, 0.1) is 5.92 Å². The summed E-state index contributed by atoms with van der Waals surface area (Å²) in [6, 6.07) is -3.14. The Kier molecular flexibility index (Phi) is 10.8. The van der Waals surface area contributed by atoms with E-state index in [2.05, 4.69) is 10.6 Å². The van der Waals surface area contributed by atoms with Gasteiger partial charge < -0.3 is 27.2 Å². The number of carbonyl (C=O) groups excluding carboxylic acids is 3. The van der Waals surface area contributed by atoms with Crippen molar-refractivity contribution in [1.82, 2.24) is 10.6 Å². The van der Waals surface area contributed by atoms with Crippen LogP contribution in [0.25, 0.3) is 0 Å². The third-order valence-corrected chi connectivity index (χ3v) is 3.97. The fourth-order valence-corrected chi connectivity index (χ4v) is 2.53. The molecule has 9 nitrogen and oxygen atoms in total. The Bertz CT molecular complexity index is 487. The molecule has 0 radical (unpaired) electrons. The molecule has 0 aliphatic rings. The van der Waals surface area contributed by atoms with E-state index in [4.69, 9.17) is 11.5 Å². The predicted octanol–water partition coefficient (Wildman–Crippen LogP) is -0.957. The monoisotopic (exact) mass is 376 g/mol. The summed E-state index contributed by atoms with van der Waals surface area (Å²) < 4.78 is 0. The molecular weight excluding hydrogens is 348 g/mol. The van der Waals surface area contributed by atoms with Gasteiger partial charge in [-0.05, 0) is 30.8 Å². The summed E-state index contributed by atoms with van der Waals surface area (Å²) in [6.07, 6.45) is 2.07. The number of aliphatic carboxylic acids is 1. The van der Waals surface area contributed by atoms with Gasteiger partial charge >= 0.3 is 5.97 Å². The number of carbonyl (C=O) groups is 4. The van der Waals surface area contributed by atoms with Gasteiger partial charge in [-0.3, -0.25) is 14.4 Å². The fourth-order valence-electron chi connectivity index (χ4n) is 2.06. The second-order valence-electron chi connectivity index (χ2n) is 6.15. The molecule has 144 valence electrons. The Morgan fingerprint density at radius 3 is 2.08 bits per heavy atom. The van der Waals surface area contributed by atoms with Crippen LogP contribution in [0.2, 0.25) is 0 Å². The number of amides is 3. The lowest BCUT2D eigenvalue weighted by molar-refractivity contribution is -0.142. The van der Waals surface area contributed by atoms with E-state index < -0.39 is 41.8 Å². The minimum Gasteiger partial charge on any atom is -0.480 e. The quantitative estimate of drug-likeness (QED) is 0.293. The van der Waals surface area contributed by atoms with Gasteiger partial charge in [-0.25, -0.2) is 4.79 Å². The van der Waals surface area contributed by atoms with Crippen molar-refractivity contribution in [2.24, 2.45) is 17.4 Å². The van der Waals surface area contributed by atoms with Crippen LogP contribution in [-0.4, -0.2) is 58.9 Å². The molecule has 0 bridgehead atoms. The van der Waals surface area contributed by atoms with Crippen molar-refractivity contribution in [3.05, 3.63) is 0 Å². The van der Waals surface area contributed by atoms with Crippen molar-refractivity contribution in [2.45, 2.75) is 51.2 Å². The van der Waals surface area contributed by atoms with Gasteiger partial charge in [-0.2, -0.15) is 11.8 Å². The van der Waals surface area contributed by atoms with Gasteiger partial charge in [-0.1, -0.05) is 13.8 Å². The maximum Gasteiger partial charge on any atom is 0.326 e. The first-order valence-electron chi connectivity index (χ1n) is 7.94. The van der Waals surface area contributed by atoms with Crippen molar-refractivity contribution < 1.29 is 24.3 Å². The van der Waals surface area contributed by atoms with Crippen LogP contribution in [-0.2, 0) is 19.2 Å². The Morgan fingerprint density at radius 2 is 1.64 bits per heavy atom. The highest BCUT2D eigenvalue weighted by Crippen LogP contribution is 2.07. The minimum atomic E-state index is -1.16. The van der Waals surface area contributed by atoms with Gasteiger partial charge in [0.25, 0.3) is 0 Å². The number of rotatable bonds is 12. The molecule has 0 heterocycles. The minimum absolute atomic E-state index is 0.0737. The first-order valence-corrected chi connectivity index (χ1v) is 9.34. The largest absolute Gasteiger partial charge is 0.480 e. The maximum atomic E-state index is 12.4. The van der Waals surface area contributed by atoms with Gasteiger partial charge in [0.2, 0.25) is 17.7 Å². The molecule has 3 amide bonds. The standard InChI is InChI=1S/C15H28N4O5S/c1-8(2)6-11(15(23)24)19-14(22)10(4-5-25-3)18-13(21)9(16)7-12(17)20/h8-11H,4-7,16H2,1-3H3,(H2,17,20)(H,18,21)(H,19,22)(H,23,24)/t9-,10-,11-/m0/s1. The summed E-state index contributed by atoms with van der Waals surface area (Å²) in [5.41, 5.74) is 10.6. The average molecular weight is 376 g/mol. The van der Waals surface area contributed by atoms with Gasteiger partial charge in [0, 0.05) is 0 Å². The van der Waals surface area contributed by atoms with Crippen LogP contribution in [0.15, 0.2) is 0 Å². The van der Waals surface area contributed by atoms with Crippen LogP contribution >= 0.6 is 11.8 Å². The van der Waals surface area contributed by atoms with Gasteiger partial charge in [-0.15, -0.1) is 0 Å². The zero-order chi connectivity index (χ0) is 19.6. The highest BCUT2D eigenvalue weighted by atomic mass is 32.2. The molecule has 0 saturated carbocycles. The molecule has 0 rings (SSSR count). The van der Waals surface area contributed by atoms with Crippen molar-refractivity contribution in [2.75, 3.05) is 12.0 Å². The molecule has 7 N–H and O–H groups in total. The molecule has 0 aliphatic heterocycles. The van der Waals surface area contributed by atoms with Crippen LogP contribution in [0.1, 0.15) is 33.1 Å². The molecule has 0 saturated heterocycles. The molecule has 0 aromatic carbocycles. The van der Waals surface area contributed by atoms with Crippen molar-refractivity contribution in [3.8, 4) is 0 Å². The van der Waals surface area contributed by atoms with E-state index >= 15 is 0 Å². The SMILES string of the molecule is CSCC[C@H](NC(=O)[C@@H](N)CC(N)=O)C(=O)N[C@@H](CC(C)C)C(=O)O. The highest BCUT2D eigenvalue weighted by molar-refractivity contribution is 7.98.